The zero-order chi connectivity index (χ0) is 20.2. The number of nitrogens with zero attached hydrogens (tertiary/aromatic N) is 2. The highest BCUT2D eigenvalue weighted by Gasteiger charge is 2.38. The Hall–Kier alpha value is -3.16. The third kappa shape index (κ3) is 4.16. The lowest BCUT2D eigenvalue weighted by atomic mass is 10.4. The van der Waals surface area contributed by atoms with Crippen molar-refractivity contribution >= 4 is 32.1 Å². The SMILES string of the molecule is NC(=O)N(ON(C(N)=O)S(=O)(=O)c1ccccc1)S(=O)(=O)c1ccccc1. The highest BCUT2D eigenvalue weighted by Crippen LogP contribution is 2.21. The van der Waals surface area contributed by atoms with E-state index in [2.05, 4.69) is 4.94 Å². The Bertz CT molecular complexity index is 956. The van der Waals surface area contributed by atoms with E-state index in [4.69, 9.17) is 11.5 Å². The van der Waals surface area contributed by atoms with Gasteiger partial charge in [-0.25, -0.2) is 9.59 Å². The van der Waals surface area contributed by atoms with Crippen molar-refractivity contribution < 1.29 is 31.4 Å². The van der Waals surface area contributed by atoms with Crippen LogP contribution in [0.5, 0.6) is 0 Å². The molecule has 0 fully saturated rings. The van der Waals surface area contributed by atoms with Crippen LogP contribution in [0.2, 0.25) is 0 Å². The molecule has 2 aromatic carbocycles. The second-order valence-corrected chi connectivity index (χ2v) is 8.35. The Morgan fingerprint density at radius 1 is 0.667 bits per heavy atom. The van der Waals surface area contributed by atoms with E-state index in [0.29, 0.717) is 0 Å². The number of hydrogen-bond acceptors (Lipinski definition) is 7. The molecule has 2 rings (SSSR count). The standard InChI is InChI=1S/C14H14N4O7S2/c15-13(19)17(26(21,22)11-7-3-1-4-8-11)25-18(14(16)20)27(23,24)12-9-5-2-6-10-12/h1-10H,(H2,15,19)(H2,16,20). The first kappa shape index (κ1) is 20.2. The number of carbonyl (C=O) groups is 2. The van der Waals surface area contributed by atoms with Crippen LogP contribution in [0, 0.1) is 0 Å². The molecule has 0 aliphatic rings. The van der Waals surface area contributed by atoms with Crippen LogP contribution in [-0.4, -0.2) is 37.8 Å². The lowest BCUT2D eigenvalue weighted by molar-refractivity contribution is -0.172. The van der Waals surface area contributed by atoms with Gasteiger partial charge in [-0.1, -0.05) is 45.3 Å². The molecule has 4 N–H and O–H groups in total. The van der Waals surface area contributed by atoms with Crippen molar-refractivity contribution in [1.29, 1.82) is 0 Å². The number of benzene rings is 2. The first-order valence-electron chi connectivity index (χ1n) is 7.06. The van der Waals surface area contributed by atoms with Crippen LogP contribution in [0.3, 0.4) is 0 Å². The molecule has 0 bridgehead atoms. The largest absolute Gasteiger partial charge is 0.355 e. The van der Waals surface area contributed by atoms with E-state index in [0.717, 1.165) is 24.3 Å². The van der Waals surface area contributed by atoms with E-state index in [-0.39, 0.29) is 0 Å². The fourth-order valence-corrected chi connectivity index (χ4v) is 4.06. The molecule has 13 heteroatoms. The topological polar surface area (TPSA) is 170 Å². The van der Waals surface area contributed by atoms with Gasteiger partial charge in [0.05, 0.1) is 9.79 Å². The molecular formula is C14H14N4O7S2. The number of hydroxylamine groups is 2. The van der Waals surface area contributed by atoms with Crippen LogP contribution in [0.15, 0.2) is 70.5 Å². The van der Waals surface area contributed by atoms with Gasteiger partial charge in [0.2, 0.25) is 0 Å². The van der Waals surface area contributed by atoms with Crippen molar-refractivity contribution in [2.75, 3.05) is 0 Å². The fourth-order valence-electron chi connectivity index (χ4n) is 1.85. The predicted octanol–water partition coefficient (Wildman–Crippen LogP) is 0.372. The lowest BCUT2D eigenvalue weighted by Gasteiger charge is -2.25. The molecule has 0 aromatic heterocycles. The van der Waals surface area contributed by atoms with E-state index in [1.165, 1.54) is 36.4 Å². The Balaban J connectivity index is 2.50. The Kier molecular flexibility index (Phi) is 5.68. The second-order valence-electron chi connectivity index (χ2n) is 4.85. The number of amides is 4. The summed E-state index contributed by atoms with van der Waals surface area (Å²) in [6.07, 6.45) is 0. The third-order valence-electron chi connectivity index (χ3n) is 3.03. The lowest BCUT2D eigenvalue weighted by Crippen LogP contribution is -2.50. The quantitative estimate of drug-likeness (QED) is 0.643. The molecule has 0 aliphatic carbocycles. The van der Waals surface area contributed by atoms with Gasteiger partial charge in [0.15, 0.2) is 0 Å². The number of rotatable bonds is 6. The van der Waals surface area contributed by atoms with Crippen LogP contribution in [0.1, 0.15) is 0 Å². The summed E-state index contributed by atoms with van der Waals surface area (Å²) in [7, 11) is -9.50. The van der Waals surface area contributed by atoms with Crippen LogP contribution >= 0.6 is 0 Å². The summed E-state index contributed by atoms with van der Waals surface area (Å²) < 4.78 is 49.2. The summed E-state index contributed by atoms with van der Waals surface area (Å²) in [6, 6.07) is 9.41. The Morgan fingerprint density at radius 3 is 1.22 bits per heavy atom. The molecule has 144 valence electrons. The minimum atomic E-state index is -4.75. The zero-order valence-corrected chi connectivity index (χ0v) is 15.1. The van der Waals surface area contributed by atoms with Crippen LogP contribution in [-0.2, 0) is 25.0 Å². The molecule has 0 atom stereocenters. The zero-order valence-electron chi connectivity index (χ0n) is 13.5. The minimum absolute atomic E-state index is 0.440. The molecule has 0 radical (unpaired) electrons. The van der Waals surface area contributed by atoms with Gasteiger partial charge in [-0.3, -0.25) is 0 Å². The summed E-state index contributed by atoms with van der Waals surface area (Å²) in [5.41, 5.74) is 10.00. The van der Waals surface area contributed by atoms with Crippen LogP contribution in [0.4, 0.5) is 9.59 Å². The fraction of sp³-hybridized carbons (Fsp3) is 0. The molecule has 0 saturated heterocycles. The van der Waals surface area contributed by atoms with Crippen LogP contribution < -0.4 is 11.5 Å². The smallest absolute Gasteiger partial charge is 0.349 e. The van der Waals surface area contributed by atoms with E-state index in [1.807, 2.05) is 0 Å². The average Bonchev–Trinajstić information content (AvgIpc) is 2.62. The summed E-state index contributed by atoms with van der Waals surface area (Å²) in [5, 5.41) is 0. The molecule has 4 amide bonds. The highest BCUT2D eigenvalue weighted by molar-refractivity contribution is 7.90. The number of sulfonamides is 2. The maximum atomic E-state index is 12.5. The van der Waals surface area contributed by atoms with Crippen molar-refractivity contribution in [2.24, 2.45) is 11.5 Å². The number of urea groups is 2. The van der Waals surface area contributed by atoms with Crippen LogP contribution in [0.25, 0.3) is 0 Å². The Morgan fingerprint density at radius 2 is 0.963 bits per heavy atom. The van der Waals surface area contributed by atoms with Gasteiger partial charge in [-0.2, -0.15) is 16.8 Å². The summed E-state index contributed by atoms with van der Waals surface area (Å²) in [6.45, 7) is 0. The predicted molar refractivity (Wildman–Crippen MR) is 91.2 cm³/mol. The molecule has 11 nitrogen and oxygen atoms in total. The van der Waals surface area contributed by atoms with E-state index < -0.39 is 50.8 Å². The maximum Gasteiger partial charge on any atom is 0.355 e. The summed E-state index contributed by atoms with van der Waals surface area (Å²) >= 11 is 0. The minimum Gasteiger partial charge on any atom is -0.349 e. The highest BCUT2D eigenvalue weighted by atomic mass is 32.2. The third-order valence-corrected chi connectivity index (χ3v) is 6.13. The van der Waals surface area contributed by atoms with E-state index in [1.54, 1.807) is 0 Å². The van der Waals surface area contributed by atoms with Crippen molar-refractivity contribution in [1.82, 2.24) is 8.94 Å². The van der Waals surface area contributed by atoms with Gasteiger partial charge in [-0.05, 0) is 24.3 Å². The summed E-state index contributed by atoms with van der Waals surface area (Å²) in [4.78, 5) is 26.9. The normalized spacial score (nSPS) is 11.6. The number of nitrogens with two attached hydrogens (primary N) is 2. The molecule has 0 heterocycles. The molecule has 0 spiro atoms. The average molecular weight is 414 g/mol. The molecule has 0 saturated carbocycles. The van der Waals surface area contributed by atoms with Crippen molar-refractivity contribution in [3.63, 3.8) is 0 Å². The summed E-state index contributed by atoms with van der Waals surface area (Å²) in [5.74, 6) is 0. The molecular weight excluding hydrogens is 400 g/mol. The van der Waals surface area contributed by atoms with Gasteiger partial charge < -0.3 is 11.5 Å². The maximum absolute atomic E-state index is 12.5. The van der Waals surface area contributed by atoms with Crippen molar-refractivity contribution in [3.8, 4) is 0 Å². The van der Waals surface area contributed by atoms with Gasteiger partial charge in [-0.15, -0.1) is 4.94 Å². The first-order valence-corrected chi connectivity index (χ1v) is 9.94. The Labute approximate surface area is 154 Å². The number of carbonyl (C=O) groups excluding carboxylic acids is 2. The molecule has 2 aromatic rings. The van der Waals surface area contributed by atoms with E-state index in [9.17, 15) is 26.4 Å². The van der Waals surface area contributed by atoms with E-state index >= 15 is 0 Å². The monoisotopic (exact) mass is 414 g/mol. The second kappa shape index (κ2) is 7.61. The number of primary amides is 2. The van der Waals surface area contributed by atoms with Gasteiger partial charge in [0.25, 0.3) is 20.0 Å². The number of hydrogen-bond donors (Lipinski definition) is 2. The first-order chi connectivity index (χ1) is 12.6. The van der Waals surface area contributed by atoms with Crippen molar-refractivity contribution in [2.45, 2.75) is 9.79 Å². The van der Waals surface area contributed by atoms with Gasteiger partial charge in [0.1, 0.15) is 0 Å². The molecule has 0 aliphatic heterocycles. The molecule has 0 unspecified atom stereocenters. The molecule has 27 heavy (non-hydrogen) atoms. The van der Waals surface area contributed by atoms with Gasteiger partial charge in [0, 0.05) is 0 Å². The van der Waals surface area contributed by atoms with Crippen molar-refractivity contribution in [3.05, 3.63) is 60.7 Å². The van der Waals surface area contributed by atoms with Gasteiger partial charge >= 0.3 is 12.1 Å².